The van der Waals surface area contributed by atoms with Gasteiger partial charge in [0.25, 0.3) is 5.92 Å². The predicted octanol–water partition coefficient (Wildman–Crippen LogP) is 9.41. The second kappa shape index (κ2) is 16.7. The molecule has 40 heavy (non-hydrogen) atoms. The number of nitrogens with two attached hydrogens (primary N) is 1. The average Bonchev–Trinajstić information content (AvgIpc) is 3.54. The summed E-state index contributed by atoms with van der Waals surface area (Å²) in [5.74, 6) is -2.86. The van der Waals surface area contributed by atoms with Gasteiger partial charge in [0, 0.05) is 35.8 Å². The van der Waals surface area contributed by atoms with Crippen LogP contribution in [0.15, 0.2) is 48.8 Å². The molecule has 6 heteroatoms. The molecule has 1 aromatic heterocycles. The number of nitrogens with one attached hydrogen (secondary N) is 2. The SMILES string of the molecule is C=C(CC)CCCCCCC1NC=C(c2cnc3cc(C(C)(F)F)ccc3c2)N1.CC.CCCC1(CCN)CC1. The topological polar surface area (TPSA) is 63.0 Å². The van der Waals surface area contributed by atoms with Gasteiger partial charge in [0.2, 0.25) is 0 Å². The van der Waals surface area contributed by atoms with E-state index in [1.165, 1.54) is 75.5 Å². The Balaban J connectivity index is 0.000000428. The van der Waals surface area contributed by atoms with Crippen molar-refractivity contribution in [3.63, 3.8) is 0 Å². The van der Waals surface area contributed by atoms with E-state index in [1.807, 2.05) is 26.1 Å². The Kier molecular flexibility index (Phi) is 14.1. The summed E-state index contributed by atoms with van der Waals surface area (Å²) in [5.41, 5.74) is 10.1. The van der Waals surface area contributed by atoms with Crippen LogP contribution in [0.5, 0.6) is 0 Å². The van der Waals surface area contributed by atoms with Gasteiger partial charge in [-0.3, -0.25) is 4.98 Å². The molecule has 224 valence electrons. The smallest absolute Gasteiger partial charge is 0.270 e. The molecule has 0 saturated heterocycles. The minimum Gasteiger partial charge on any atom is -0.370 e. The van der Waals surface area contributed by atoms with Crippen molar-refractivity contribution >= 4 is 16.6 Å². The molecule has 4 rings (SSSR count). The molecule has 2 aromatic rings. The van der Waals surface area contributed by atoms with Gasteiger partial charge in [-0.15, -0.1) is 0 Å². The highest BCUT2D eigenvalue weighted by Crippen LogP contribution is 2.52. The number of halogens is 2. The third-order valence-corrected chi connectivity index (χ3v) is 7.95. The normalized spacial score (nSPS) is 17.0. The quantitative estimate of drug-likeness (QED) is 0.160. The van der Waals surface area contributed by atoms with E-state index in [-0.39, 0.29) is 11.7 Å². The van der Waals surface area contributed by atoms with Gasteiger partial charge in [-0.05, 0) is 81.9 Å². The molecule has 1 atom stereocenters. The molecule has 2 heterocycles. The molecule has 0 amide bonds. The molecule has 1 aliphatic heterocycles. The number of fused-ring (bicyclic) bond motifs is 1. The van der Waals surface area contributed by atoms with Crippen LogP contribution in [-0.4, -0.2) is 17.7 Å². The van der Waals surface area contributed by atoms with Crippen molar-refractivity contribution in [1.82, 2.24) is 15.6 Å². The lowest BCUT2D eigenvalue weighted by Crippen LogP contribution is -2.31. The van der Waals surface area contributed by atoms with Crippen LogP contribution in [0.25, 0.3) is 16.6 Å². The van der Waals surface area contributed by atoms with E-state index in [9.17, 15) is 8.78 Å². The lowest BCUT2D eigenvalue weighted by Gasteiger charge is -2.14. The summed E-state index contributed by atoms with van der Waals surface area (Å²) in [7, 11) is 0. The van der Waals surface area contributed by atoms with Crippen molar-refractivity contribution in [2.45, 2.75) is 124 Å². The summed E-state index contributed by atoms with van der Waals surface area (Å²) < 4.78 is 27.0. The molecule has 0 radical (unpaired) electrons. The zero-order valence-electron chi connectivity index (χ0n) is 25.7. The van der Waals surface area contributed by atoms with Crippen molar-refractivity contribution in [3.05, 3.63) is 59.9 Å². The molecule has 4 nitrogen and oxygen atoms in total. The van der Waals surface area contributed by atoms with Gasteiger partial charge < -0.3 is 16.4 Å². The summed E-state index contributed by atoms with van der Waals surface area (Å²) in [6, 6.07) is 6.64. The van der Waals surface area contributed by atoms with E-state index in [0.29, 0.717) is 5.52 Å². The molecule has 4 N–H and O–H groups in total. The molecule has 1 saturated carbocycles. The van der Waals surface area contributed by atoms with E-state index in [2.05, 4.69) is 36.0 Å². The number of aromatic nitrogens is 1. The first-order valence-electron chi connectivity index (χ1n) is 15.6. The minimum atomic E-state index is -2.86. The highest BCUT2D eigenvalue weighted by molar-refractivity contribution is 5.83. The monoisotopic (exact) mass is 556 g/mol. The number of rotatable bonds is 14. The maximum Gasteiger partial charge on any atom is 0.270 e. The number of hydrogen-bond acceptors (Lipinski definition) is 4. The second-order valence-corrected chi connectivity index (χ2v) is 11.3. The minimum absolute atomic E-state index is 0.0100. The summed E-state index contributed by atoms with van der Waals surface area (Å²) in [4.78, 5) is 4.39. The van der Waals surface area contributed by atoms with E-state index >= 15 is 0 Å². The summed E-state index contributed by atoms with van der Waals surface area (Å²) >= 11 is 0. The zero-order valence-corrected chi connectivity index (χ0v) is 25.7. The van der Waals surface area contributed by atoms with E-state index in [0.717, 1.165) is 54.8 Å². The van der Waals surface area contributed by atoms with Crippen molar-refractivity contribution in [3.8, 4) is 0 Å². The zero-order chi connectivity index (χ0) is 29.6. The van der Waals surface area contributed by atoms with Crippen LogP contribution < -0.4 is 16.4 Å². The fraction of sp³-hybridized carbons (Fsp3) is 0.618. The number of hydrogen-bond donors (Lipinski definition) is 3. The van der Waals surface area contributed by atoms with Crippen LogP contribution in [0.4, 0.5) is 8.78 Å². The van der Waals surface area contributed by atoms with Crippen molar-refractivity contribution in [2.24, 2.45) is 11.1 Å². The Bertz CT molecular complexity index is 1060. The standard InChI is InChI=1S/C24H31F2N3.C8H17N.C2H6/c1-4-17(2)9-7-5-6-8-10-23-28-16-22(29-23)19-13-18-11-12-20(24(3,25)26)14-21(18)27-15-19;1-2-3-8(4-5-8)6-7-9;1-2/h11-16,23,28-29H,2,4-10H2,1,3H3;2-7,9H2,1H3;1-2H3. The predicted molar refractivity (Wildman–Crippen MR) is 168 cm³/mol. The fourth-order valence-corrected chi connectivity index (χ4v) is 5.21. The van der Waals surface area contributed by atoms with Gasteiger partial charge in [0.15, 0.2) is 0 Å². The van der Waals surface area contributed by atoms with Gasteiger partial charge in [-0.1, -0.05) is 71.2 Å². The largest absolute Gasteiger partial charge is 0.370 e. The molecule has 1 unspecified atom stereocenters. The number of unbranched alkanes of at least 4 members (excludes halogenated alkanes) is 3. The number of pyridine rings is 1. The molecule has 1 aliphatic carbocycles. The van der Waals surface area contributed by atoms with Crippen LogP contribution in [0.2, 0.25) is 0 Å². The Morgan fingerprint density at radius 3 is 2.45 bits per heavy atom. The molecule has 1 aromatic carbocycles. The van der Waals surface area contributed by atoms with Crippen LogP contribution in [0.1, 0.15) is 123 Å². The summed E-state index contributed by atoms with van der Waals surface area (Å²) in [6.07, 6.45) is 19.0. The van der Waals surface area contributed by atoms with Crippen LogP contribution >= 0.6 is 0 Å². The second-order valence-electron chi connectivity index (χ2n) is 11.3. The third kappa shape index (κ3) is 10.8. The van der Waals surface area contributed by atoms with Gasteiger partial charge in [-0.2, -0.15) is 0 Å². The first-order chi connectivity index (χ1) is 19.2. The number of alkyl halides is 2. The Hall–Kier alpha value is -2.47. The van der Waals surface area contributed by atoms with Gasteiger partial charge in [-0.25, -0.2) is 8.78 Å². The summed E-state index contributed by atoms with van der Waals surface area (Å²) in [5, 5.41) is 7.74. The van der Waals surface area contributed by atoms with E-state index in [4.69, 9.17) is 5.73 Å². The van der Waals surface area contributed by atoms with Crippen LogP contribution in [0, 0.1) is 5.41 Å². The van der Waals surface area contributed by atoms with Gasteiger partial charge >= 0.3 is 0 Å². The molecule has 2 aliphatic rings. The Labute approximate surface area is 242 Å². The number of allylic oxidation sites excluding steroid dienone is 1. The number of nitrogens with zero attached hydrogens (tertiary/aromatic N) is 1. The Morgan fingerprint density at radius 2 is 1.82 bits per heavy atom. The first-order valence-corrected chi connectivity index (χ1v) is 15.6. The van der Waals surface area contributed by atoms with Crippen LogP contribution in [-0.2, 0) is 5.92 Å². The van der Waals surface area contributed by atoms with E-state index in [1.54, 1.807) is 12.3 Å². The first kappa shape index (κ1) is 33.7. The lowest BCUT2D eigenvalue weighted by molar-refractivity contribution is 0.0176. The molecular weight excluding hydrogens is 502 g/mol. The van der Waals surface area contributed by atoms with E-state index < -0.39 is 5.92 Å². The van der Waals surface area contributed by atoms with Crippen molar-refractivity contribution in [1.29, 1.82) is 0 Å². The van der Waals surface area contributed by atoms with Gasteiger partial charge in [0.05, 0.1) is 17.4 Å². The highest BCUT2D eigenvalue weighted by Gasteiger charge is 2.40. The molecular formula is C34H54F2N4. The lowest BCUT2D eigenvalue weighted by atomic mass is 9.97. The average molecular weight is 557 g/mol. The van der Waals surface area contributed by atoms with Crippen molar-refractivity contribution in [2.75, 3.05) is 6.54 Å². The van der Waals surface area contributed by atoms with Crippen molar-refractivity contribution < 1.29 is 8.78 Å². The maximum absolute atomic E-state index is 13.5. The molecule has 1 fully saturated rings. The molecule has 0 spiro atoms. The highest BCUT2D eigenvalue weighted by atomic mass is 19.3. The fourth-order valence-electron chi connectivity index (χ4n) is 5.21. The molecule has 0 bridgehead atoms. The third-order valence-electron chi connectivity index (χ3n) is 7.95. The summed E-state index contributed by atoms with van der Waals surface area (Å²) in [6.45, 7) is 14.3. The Morgan fingerprint density at radius 1 is 1.10 bits per heavy atom. The van der Waals surface area contributed by atoms with Gasteiger partial charge in [0.1, 0.15) is 0 Å². The van der Waals surface area contributed by atoms with Crippen LogP contribution in [0.3, 0.4) is 0 Å². The number of benzene rings is 1. The maximum atomic E-state index is 13.5.